The zero-order valence-corrected chi connectivity index (χ0v) is 28.5. The van der Waals surface area contributed by atoms with Gasteiger partial charge in [-0.1, -0.05) is 98.0 Å². The number of carbonyl (C=O) groups excluding carboxylic acids is 1. The minimum absolute atomic E-state index is 0.183. The molecule has 246 valence electrons. The van der Waals surface area contributed by atoms with E-state index in [1.54, 1.807) is 42.9 Å². The smallest absolute Gasteiger partial charge is 0.338 e. The fourth-order valence-electron chi connectivity index (χ4n) is 5.70. The summed E-state index contributed by atoms with van der Waals surface area (Å²) in [6.45, 7) is 6.49. The third-order valence-corrected chi connectivity index (χ3v) is 9.24. The molecule has 0 N–H and O–H groups in total. The highest BCUT2D eigenvalue weighted by Gasteiger charge is 2.35. The topological polar surface area (TPSA) is 103 Å². The second-order valence-electron chi connectivity index (χ2n) is 11.8. The van der Waals surface area contributed by atoms with E-state index in [1.165, 1.54) is 11.3 Å². The summed E-state index contributed by atoms with van der Waals surface area (Å²) in [4.78, 5) is 33.5. The van der Waals surface area contributed by atoms with Crippen molar-refractivity contribution < 1.29 is 19.0 Å². The lowest BCUT2D eigenvalue weighted by molar-refractivity contribution is -0.138. The van der Waals surface area contributed by atoms with E-state index in [1.807, 2.05) is 78.9 Å². The number of hydrogen-bond acceptors (Lipinski definition) is 8. The Morgan fingerprint density at radius 1 is 1.00 bits per heavy atom. The molecule has 0 aliphatic carbocycles. The van der Waals surface area contributed by atoms with E-state index < -0.39 is 12.0 Å². The van der Waals surface area contributed by atoms with E-state index in [2.05, 4.69) is 19.9 Å². The lowest BCUT2D eigenvalue weighted by Gasteiger charge is -2.26. The molecule has 1 aliphatic rings. The van der Waals surface area contributed by atoms with Crippen molar-refractivity contribution in [3.8, 4) is 17.6 Å². The first-order valence-electron chi connectivity index (χ1n) is 16.0. The number of methoxy groups -OCH3 is 1. The highest BCUT2D eigenvalue weighted by molar-refractivity contribution is 7.07. The zero-order valence-electron chi connectivity index (χ0n) is 27.7. The van der Waals surface area contributed by atoms with Gasteiger partial charge in [0, 0.05) is 5.56 Å². The van der Waals surface area contributed by atoms with Gasteiger partial charge in [0.15, 0.2) is 16.3 Å². The highest BCUT2D eigenvalue weighted by Crippen LogP contribution is 2.36. The second-order valence-corrected chi connectivity index (χ2v) is 12.8. The standard InChI is InChI=1S/C40H35N3O5S/c1-5-47-39(45)35-36(30-9-7-6-8-10-30)42-40-43(37(35)31-18-16-29(17-19-31)25(2)3)38(44)34(49-40)22-28-15-20-32(33(21-28)46-4)48-24-27-13-11-26(23-41)12-14-27/h6-22,25,37H,5,24H2,1-4H3/b34-22-/t37-/m0/s1. The molecule has 0 fully saturated rings. The molecule has 0 saturated heterocycles. The summed E-state index contributed by atoms with van der Waals surface area (Å²) in [7, 11) is 1.56. The Balaban J connectivity index is 1.45. The lowest BCUT2D eigenvalue weighted by Crippen LogP contribution is -2.40. The summed E-state index contributed by atoms with van der Waals surface area (Å²) in [5.41, 5.74) is 5.46. The normalized spacial score (nSPS) is 14.2. The van der Waals surface area contributed by atoms with E-state index in [9.17, 15) is 9.59 Å². The van der Waals surface area contributed by atoms with Crippen LogP contribution in [0.15, 0.2) is 112 Å². The zero-order chi connectivity index (χ0) is 34.5. The van der Waals surface area contributed by atoms with Crippen LogP contribution >= 0.6 is 11.3 Å². The summed E-state index contributed by atoms with van der Waals surface area (Å²) in [5.74, 6) is 0.857. The van der Waals surface area contributed by atoms with Gasteiger partial charge in [-0.25, -0.2) is 9.79 Å². The van der Waals surface area contributed by atoms with Gasteiger partial charge in [-0.2, -0.15) is 5.26 Å². The van der Waals surface area contributed by atoms with Crippen LogP contribution in [0.1, 0.15) is 66.1 Å². The number of benzene rings is 4. The van der Waals surface area contributed by atoms with Crippen molar-refractivity contribution in [3.05, 3.63) is 156 Å². The van der Waals surface area contributed by atoms with Crippen LogP contribution in [0.2, 0.25) is 0 Å². The lowest BCUT2D eigenvalue weighted by atomic mass is 9.91. The molecule has 9 heteroatoms. The number of nitrogens with zero attached hydrogens (tertiary/aromatic N) is 3. The highest BCUT2D eigenvalue weighted by atomic mass is 32.1. The number of esters is 1. The van der Waals surface area contributed by atoms with Crippen molar-refractivity contribution in [1.29, 1.82) is 5.26 Å². The number of ether oxygens (including phenoxy) is 3. The summed E-state index contributed by atoms with van der Waals surface area (Å²) in [6, 6.07) is 31.6. The summed E-state index contributed by atoms with van der Waals surface area (Å²) >= 11 is 1.26. The number of carbonyl (C=O) groups is 1. The molecule has 0 amide bonds. The predicted molar refractivity (Wildman–Crippen MR) is 190 cm³/mol. The Kier molecular flexibility index (Phi) is 9.88. The number of hydrogen-bond donors (Lipinski definition) is 0. The van der Waals surface area contributed by atoms with Crippen LogP contribution in [0.4, 0.5) is 0 Å². The quantitative estimate of drug-likeness (QED) is 0.157. The van der Waals surface area contributed by atoms with Crippen LogP contribution in [0.25, 0.3) is 11.8 Å². The van der Waals surface area contributed by atoms with Crippen molar-refractivity contribution in [3.63, 3.8) is 0 Å². The maximum Gasteiger partial charge on any atom is 0.338 e. The molecule has 49 heavy (non-hydrogen) atoms. The summed E-state index contributed by atoms with van der Waals surface area (Å²) in [6.07, 6.45) is 1.80. The first-order valence-corrected chi connectivity index (χ1v) is 16.8. The van der Waals surface area contributed by atoms with Gasteiger partial charge in [0.25, 0.3) is 5.56 Å². The van der Waals surface area contributed by atoms with Gasteiger partial charge in [-0.05, 0) is 65.4 Å². The van der Waals surface area contributed by atoms with Crippen LogP contribution in [0, 0.1) is 11.3 Å². The van der Waals surface area contributed by atoms with Gasteiger partial charge in [-0.3, -0.25) is 9.36 Å². The van der Waals surface area contributed by atoms with Gasteiger partial charge in [-0.15, -0.1) is 0 Å². The first-order chi connectivity index (χ1) is 23.8. The predicted octanol–water partition coefficient (Wildman–Crippen LogP) is 6.52. The van der Waals surface area contributed by atoms with Crippen molar-refractivity contribution in [2.45, 2.75) is 39.3 Å². The van der Waals surface area contributed by atoms with Crippen LogP contribution in [-0.2, 0) is 16.1 Å². The molecule has 4 aromatic carbocycles. The van der Waals surface area contributed by atoms with E-state index in [0.29, 0.717) is 50.2 Å². The van der Waals surface area contributed by atoms with Crippen molar-refractivity contribution in [1.82, 2.24) is 4.57 Å². The van der Waals surface area contributed by atoms with Crippen LogP contribution in [0.3, 0.4) is 0 Å². The molecule has 0 radical (unpaired) electrons. The molecular formula is C40H35N3O5S. The molecule has 0 unspecified atom stereocenters. The van der Waals surface area contributed by atoms with E-state index in [0.717, 1.165) is 27.8 Å². The minimum atomic E-state index is -0.749. The molecule has 1 aliphatic heterocycles. The van der Waals surface area contributed by atoms with E-state index >= 15 is 0 Å². The van der Waals surface area contributed by atoms with Gasteiger partial charge in [0.1, 0.15) is 6.61 Å². The fourth-order valence-corrected chi connectivity index (χ4v) is 6.70. The van der Waals surface area contributed by atoms with Crippen molar-refractivity contribution in [2.24, 2.45) is 4.99 Å². The monoisotopic (exact) mass is 669 g/mol. The van der Waals surface area contributed by atoms with Crippen molar-refractivity contribution >= 4 is 29.1 Å². The van der Waals surface area contributed by atoms with Gasteiger partial charge < -0.3 is 14.2 Å². The van der Waals surface area contributed by atoms with Crippen LogP contribution in [-0.4, -0.2) is 24.3 Å². The largest absolute Gasteiger partial charge is 0.493 e. The van der Waals surface area contributed by atoms with E-state index in [-0.39, 0.29) is 12.2 Å². The third kappa shape index (κ3) is 6.96. The molecule has 5 aromatic rings. The van der Waals surface area contributed by atoms with Gasteiger partial charge in [0.2, 0.25) is 0 Å². The molecule has 8 nitrogen and oxygen atoms in total. The Bertz CT molecular complexity index is 2240. The molecule has 0 bridgehead atoms. The summed E-state index contributed by atoms with van der Waals surface area (Å²) in [5, 5.41) is 9.06. The Labute approximate surface area is 288 Å². The molecule has 6 rings (SSSR count). The first kappa shape index (κ1) is 33.2. The van der Waals surface area contributed by atoms with Gasteiger partial charge in [0.05, 0.1) is 47.2 Å². The molecule has 1 aromatic heterocycles. The number of rotatable bonds is 10. The molecule has 1 atom stereocenters. The average molecular weight is 670 g/mol. The Morgan fingerprint density at radius 2 is 1.73 bits per heavy atom. The fraction of sp³-hybridized carbons (Fsp3) is 0.200. The maximum atomic E-state index is 14.3. The number of nitriles is 1. The van der Waals surface area contributed by atoms with E-state index in [4.69, 9.17) is 24.5 Å². The van der Waals surface area contributed by atoms with Gasteiger partial charge >= 0.3 is 5.97 Å². The number of fused-ring (bicyclic) bond motifs is 1. The minimum Gasteiger partial charge on any atom is -0.493 e. The molecular weight excluding hydrogens is 635 g/mol. The average Bonchev–Trinajstić information content (AvgIpc) is 3.44. The summed E-state index contributed by atoms with van der Waals surface area (Å²) < 4.78 is 19.3. The van der Waals surface area contributed by atoms with Crippen LogP contribution in [0.5, 0.6) is 11.5 Å². The van der Waals surface area contributed by atoms with Crippen LogP contribution < -0.4 is 24.4 Å². The molecule has 0 spiro atoms. The SMILES string of the molecule is CCOC(=O)C1=C(c2ccccc2)N=c2s/c(=C\c3ccc(OCc4ccc(C#N)cc4)c(OC)c3)c(=O)n2[C@H]1c1ccc(C(C)C)cc1. The number of thiazole rings is 1. The molecule has 2 heterocycles. The molecule has 0 saturated carbocycles. The maximum absolute atomic E-state index is 14.3. The third-order valence-electron chi connectivity index (χ3n) is 8.26. The second kappa shape index (κ2) is 14.6. The number of aromatic nitrogens is 1. The van der Waals surface area contributed by atoms with Crippen molar-refractivity contribution in [2.75, 3.05) is 13.7 Å². The Morgan fingerprint density at radius 3 is 2.39 bits per heavy atom. The Hall–Kier alpha value is -5.72.